The molecule has 3 N–H and O–H groups in total. The van der Waals surface area contributed by atoms with Gasteiger partial charge in [-0.3, -0.25) is 0 Å². The van der Waals surface area contributed by atoms with Gasteiger partial charge in [-0.15, -0.1) is 0 Å². The fourth-order valence-electron chi connectivity index (χ4n) is 2.04. The van der Waals surface area contributed by atoms with Crippen molar-refractivity contribution in [2.45, 2.75) is 19.3 Å². The van der Waals surface area contributed by atoms with Crippen molar-refractivity contribution in [2.24, 2.45) is 5.92 Å². The third-order valence-electron chi connectivity index (χ3n) is 3.17. The van der Waals surface area contributed by atoms with Crippen LogP contribution in [0.3, 0.4) is 0 Å². The van der Waals surface area contributed by atoms with E-state index in [9.17, 15) is 4.79 Å². The molecule has 2 aromatic rings. The number of furan rings is 1. The van der Waals surface area contributed by atoms with Crippen LogP contribution in [0.5, 0.6) is 0 Å². The lowest BCUT2D eigenvalue weighted by Crippen LogP contribution is -1.98. The number of hydrogen-bond donors (Lipinski definition) is 2. The van der Waals surface area contributed by atoms with Crippen LogP contribution in [0.4, 0.5) is 5.13 Å². The standard InChI is InChI=1S/C12H12N2O3S/c1-5-4-6(5)7-2-3-8(17-7)10-9(11(15)16)14-12(13)18-10/h2-3,5-6H,4H2,1H3,(H2,13,14)(H,15,16). The van der Waals surface area contributed by atoms with Gasteiger partial charge in [0, 0.05) is 5.92 Å². The van der Waals surface area contributed by atoms with Gasteiger partial charge in [0.2, 0.25) is 0 Å². The minimum absolute atomic E-state index is 0.0396. The molecule has 0 radical (unpaired) electrons. The summed E-state index contributed by atoms with van der Waals surface area (Å²) in [7, 11) is 0. The normalized spacial score (nSPS) is 22.1. The average Bonchev–Trinajstić information content (AvgIpc) is 2.79. The Bertz CT molecular complexity index is 617. The van der Waals surface area contributed by atoms with E-state index in [1.165, 1.54) is 0 Å². The van der Waals surface area contributed by atoms with Crippen LogP contribution >= 0.6 is 11.3 Å². The summed E-state index contributed by atoms with van der Waals surface area (Å²) in [6.45, 7) is 2.17. The van der Waals surface area contributed by atoms with Crippen LogP contribution < -0.4 is 5.73 Å². The van der Waals surface area contributed by atoms with Crippen molar-refractivity contribution in [3.63, 3.8) is 0 Å². The van der Waals surface area contributed by atoms with E-state index in [0.29, 0.717) is 22.5 Å². The van der Waals surface area contributed by atoms with E-state index in [2.05, 4.69) is 11.9 Å². The molecule has 94 valence electrons. The molecule has 2 unspecified atom stereocenters. The Morgan fingerprint density at radius 1 is 1.61 bits per heavy atom. The van der Waals surface area contributed by atoms with Crippen molar-refractivity contribution in [1.82, 2.24) is 4.98 Å². The minimum Gasteiger partial charge on any atom is -0.476 e. The number of carboxylic acid groups (broad SMARTS) is 1. The lowest BCUT2D eigenvalue weighted by molar-refractivity contribution is 0.0692. The van der Waals surface area contributed by atoms with Crippen molar-refractivity contribution in [3.05, 3.63) is 23.6 Å². The predicted molar refractivity (Wildman–Crippen MR) is 67.7 cm³/mol. The van der Waals surface area contributed by atoms with E-state index < -0.39 is 5.97 Å². The number of carbonyl (C=O) groups is 1. The molecular formula is C12H12N2O3S. The minimum atomic E-state index is -1.09. The maximum Gasteiger partial charge on any atom is 0.356 e. The summed E-state index contributed by atoms with van der Waals surface area (Å²) in [5, 5.41) is 9.29. The predicted octanol–water partition coefficient (Wildman–Crippen LogP) is 2.81. The second-order valence-corrected chi connectivity index (χ2v) is 5.59. The maximum absolute atomic E-state index is 11.1. The number of thiazole rings is 1. The van der Waals surface area contributed by atoms with E-state index in [-0.39, 0.29) is 10.8 Å². The summed E-state index contributed by atoms with van der Waals surface area (Å²) >= 11 is 1.13. The fraction of sp³-hybridized carbons (Fsp3) is 0.333. The quantitative estimate of drug-likeness (QED) is 0.889. The molecule has 1 fully saturated rings. The molecule has 0 saturated heterocycles. The number of carboxylic acids is 1. The first-order valence-corrected chi connectivity index (χ1v) is 6.47. The molecule has 0 amide bonds. The third kappa shape index (κ3) is 1.78. The smallest absolute Gasteiger partial charge is 0.356 e. The van der Waals surface area contributed by atoms with Gasteiger partial charge in [0.15, 0.2) is 10.8 Å². The van der Waals surface area contributed by atoms with Crippen LogP contribution in [0.1, 0.15) is 35.5 Å². The van der Waals surface area contributed by atoms with Gasteiger partial charge in [-0.2, -0.15) is 0 Å². The molecule has 1 aliphatic rings. The van der Waals surface area contributed by atoms with Gasteiger partial charge in [-0.05, 0) is 24.5 Å². The highest BCUT2D eigenvalue weighted by molar-refractivity contribution is 7.19. The number of aromatic carboxylic acids is 1. The van der Waals surface area contributed by atoms with E-state index in [1.807, 2.05) is 6.07 Å². The Hall–Kier alpha value is -1.82. The Kier molecular flexibility index (Phi) is 2.41. The molecule has 2 aromatic heterocycles. The van der Waals surface area contributed by atoms with Crippen LogP contribution in [0.25, 0.3) is 10.6 Å². The molecular weight excluding hydrogens is 252 g/mol. The summed E-state index contributed by atoms with van der Waals surface area (Å²) in [5.74, 6) is 1.49. The van der Waals surface area contributed by atoms with Crippen molar-refractivity contribution in [1.29, 1.82) is 0 Å². The monoisotopic (exact) mass is 264 g/mol. The Morgan fingerprint density at radius 2 is 2.33 bits per heavy atom. The largest absolute Gasteiger partial charge is 0.476 e. The van der Waals surface area contributed by atoms with Gasteiger partial charge in [0.05, 0.1) is 0 Å². The van der Waals surface area contributed by atoms with Crippen LogP contribution in [0, 0.1) is 5.92 Å². The first-order chi connectivity index (χ1) is 8.56. The topological polar surface area (TPSA) is 89.3 Å². The number of nitrogens with two attached hydrogens (primary N) is 1. The first kappa shape index (κ1) is 11.3. The molecule has 1 saturated carbocycles. The number of nitrogens with zero attached hydrogens (tertiary/aromatic N) is 1. The zero-order valence-corrected chi connectivity index (χ0v) is 10.5. The summed E-state index contributed by atoms with van der Waals surface area (Å²) in [4.78, 5) is 15.4. The third-order valence-corrected chi connectivity index (χ3v) is 4.07. The Labute approximate surface area is 107 Å². The van der Waals surface area contributed by atoms with E-state index in [1.54, 1.807) is 6.07 Å². The van der Waals surface area contributed by atoms with Crippen molar-refractivity contribution in [2.75, 3.05) is 5.73 Å². The van der Waals surface area contributed by atoms with Crippen molar-refractivity contribution < 1.29 is 14.3 Å². The second kappa shape index (κ2) is 3.84. The Balaban J connectivity index is 1.99. The zero-order chi connectivity index (χ0) is 12.9. The molecule has 3 rings (SSSR count). The fourth-order valence-corrected chi connectivity index (χ4v) is 2.83. The second-order valence-electron chi connectivity index (χ2n) is 4.56. The van der Waals surface area contributed by atoms with E-state index >= 15 is 0 Å². The molecule has 0 bridgehead atoms. The average molecular weight is 264 g/mol. The zero-order valence-electron chi connectivity index (χ0n) is 9.71. The molecule has 5 nitrogen and oxygen atoms in total. The maximum atomic E-state index is 11.1. The Morgan fingerprint density at radius 3 is 2.94 bits per heavy atom. The highest BCUT2D eigenvalue weighted by Gasteiger charge is 2.37. The van der Waals surface area contributed by atoms with Crippen LogP contribution in [-0.4, -0.2) is 16.1 Å². The van der Waals surface area contributed by atoms with Gasteiger partial charge >= 0.3 is 5.97 Å². The SMILES string of the molecule is CC1CC1c1ccc(-c2sc(N)nc2C(=O)O)o1. The molecule has 1 aliphatic carbocycles. The lowest BCUT2D eigenvalue weighted by Gasteiger charge is -1.94. The number of hydrogen-bond acceptors (Lipinski definition) is 5. The number of anilines is 1. The molecule has 2 atom stereocenters. The molecule has 0 aliphatic heterocycles. The van der Waals surface area contributed by atoms with Crippen LogP contribution in [-0.2, 0) is 0 Å². The van der Waals surface area contributed by atoms with Crippen LogP contribution in [0.15, 0.2) is 16.5 Å². The van der Waals surface area contributed by atoms with Gasteiger partial charge < -0.3 is 15.3 Å². The first-order valence-electron chi connectivity index (χ1n) is 5.66. The summed E-state index contributed by atoms with van der Waals surface area (Å²) in [5.41, 5.74) is 5.52. The number of rotatable bonds is 3. The highest BCUT2D eigenvalue weighted by atomic mass is 32.1. The highest BCUT2D eigenvalue weighted by Crippen LogP contribution is 2.48. The number of nitrogen functional groups attached to an aromatic ring is 1. The summed E-state index contributed by atoms with van der Waals surface area (Å²) in [6.07, 6.45) is 1.13. The van der Waals surface area contributed by atoms with Gasteiger partial charge in [-0.1, -0.05) is 18.3 Å². The summed E-state index contributed by atoms with van der Waals surface area (Å²) in [6, 6.07) is 3.70. The van der Waals surface area contributed by atoms with E-state index in [4.69, 9.17) is 15.3 Å². The van der Waals surface area contributed by atoms with Crippen LogP contribution in [0.2, 0.25) is 0 Å². The lowest BCUT2D eigenvalue weighted by atomic mass is 10.2. The summed E-state index contributed by atoms with van der Waals surface area (Å²) < 4.78 is 5.72. The molecule has 6 heteroatoms. The van der Waals surface area contributed by atoms with E-state index in [0.717, 1.165) is 23.5 Å². The van der Waals surface area contributed by atoms with Gasteiger partial charge in [0.1, 0.15) is 16.4 Å². The molecule has 18 heavy (non-hydrogen) atoms. The van der Waals surface area contributed by atoms with Crippen molar-refractivity contribution >= 4 is 22.4 Å². The molecule has 0 aromatic carbocycles. The molecule has 0 spiro atoms. The molecule has 2 heterocycles. The van der Waals surface area contributed by atoms with Crippen molar-refractivity contribution in [3.8, 4) is 10.6 Å². The van der Waals surface area contributed by atoms with Gasteiger partial charge in [0.25, 0.3) is 0 Å². The number of aromatic nitrogens is 1. The van der Waals surface area contributed by atoms with Gasteiger partial charge in [-0.25, -0.2) is 9.78 Å².